The number of likely N-dealkylation sites (tertiary alicyclic amines) is 1. The second-order valence-electron chi connectivity index (χ2n) is 8.19. The van der Waals surface area contributed by atoms with Gasteiger partial charge in [-0.3, -0.25) is 14.4 Å². The van der Waals surface area contributed by atoms with Crippen LogP contribution in [0.2, 0.25) is 0 Å². The first-order valence-electron chi connectivity index (χ1n) is 10.8. The zero-order valence-corrected chi connectivity index (χ0v) is 19.2. The van der Waals surface area contributed by atoms with Gasteiger partial charge in [0.15, 0.2) is 0 Å². The van der Waals surface area contributed by atoms with Crippen LogP contribution in [-0.4, -0.2) is 75.1 Å². The molecule has 3 rings (SSSR count). The maximum Gasteiger partial charge on any atom is 0.326 e. The lowest BCUT2D eigenvalue weighted by atomic mass is 10.0. The van der Waals surface area contributed by atoms with E-state index in [1.807, 2.05) is 24.3 Å². The highest BCUT2D eigenvalue weighted by Crippen LogP contribution is 2.21. The molecule has 33 heavy (non-hydrogen) atoms. The lowest BCUT2D eigenvalue weighted by Gasteiger charge is -2.29. The van der Waals surface area contributed by atoms with Crippen LogP contribution in [0, 0.1) is 0 Å². The molecule has 0 radical (unpaired) electrons. The van der Waals surface area contributed by atoms with Crippen LogP contribution in [0.25, 0.3) is 10.9 Å². The van der Waals surface area contributed by atoms with Gasteiger partial charge in [0.05, 0.1) is 6.04 Å². The van der Waals surface area contributed by atoms with Gasteiger partial charge in [-0.1, -0.05) is 18.2 Å². The van der Waals surface area contributed by atoms with Gasteiger partial charge in [0.25, 0.3) is 0 Å². The quantitative estimate of drug-likeness (QED) is 0.281. The maximum atomic E-state index is 13.0. The van der Waals surface area contributed by atoms with Crippen molar-refractivity contribution in [2.45, 2.75) is 50.4 Å². The third kappa shape index (κ3) is 5.66. The molecule has 6 N–H and O–H groups in total. The number of rotatable bonds is 9. The molecule has 11 heteroatoms. The Morgan fingerprint density at radius 1 is 1.24 bits per heavy atom. The lowest BCUT2D eigenvalue weighted by molar-refractivity contribution is -0.144. The van der Waals surface area contributed by atoms with E-state index in [1.165, 1.54) is 11.8 Å². The van der Waals surface area contributed by atoms with E-state index in [9.17, 15) is 24.3 Å². The molecule has 0 aliphatic carbocycles. The molecule has 3 amide bonds. The highest BCUT2D eigenvalue weighted by Gasteiger charge is 2.38. The minimum atomic E-state index is -1.16. The monoisotopic (exact) mass is 475 g/mol. The Hall–Kier alpha value is -3.05. The standard InChI is InChI=1S/C22H29N5O5S/c1-12(23)19(28)26-17(11-33)21(30)27-8-4-7-18(27)20(29)25-16(22(31)32)9-13-10-24-15-6-3-2-5-14(13)15/h2-3,5-6,10,12,16-18,24,33H,4,7-9,11,23H2,1H3,(H,25,29)(H,26,28)(H,31,32). The van der Waals surface area contributed by atoms with Crippen LogP contribution in [0.4, 0.5) is 0 Å². The maximum absolute atomic E-state index is 13.0. The highest BCUT2D eigenvalue weighted by molar-refractivity contribution is 7.80. The molecule has 1 aromatic carbocycles. The number of nitrogens with one attached hydrogen (secondary N) is 3. The number of hydrogen-bond acceptors (Lipinski definition) is 6. The molecule has 178 valence electrons. The number of aliphatic carboxylic acids is 1. The summed E-state index contributed by atoms with van der Waals surface area (Å²) in [4.78, 5) is 54.3. The summed E-state index contributed by atoms with van der Waals surface area (Å²) in [6.07, 6.45) is 2.81. The Labute approximate surface area is 196 Å². The highest BCUT2D eigenvalue weighted by atomic mass is 32.1. The number of carbonyl (C=O) groups excluding carboxylic acids is 3. The molecular weight excluding hydrogens is 446 g/mol. The number of fused-ring (bicyclic) bond motifs is 1. The number of nitrogens with two attached hydrogens (primary N) is 1. The van der Waals surface area contributed by atoms with Crippen molar-refractivity contribution in [1.82, 2.24) is 20.5 Å². The number of aromatic nitrogens is 1. The van der Waals surface area contributed by atoms with Crippen molar-refractivity contribution in [2.75, 3.05) is 12.3 Å². The van der Waals surface area contributed by atoms with Crippen LogP contribution < -0.4 is 16.4 Å². The van der Waals surface area contributed by atoms with E-state index in [-0.39, 0.29) is 12.2 Å². The van der Waals surface area contributed by atoms with Gasteiger partial charge >= 0.3 is 5.97 Å². The summed E-state index contributed by atoms with van der Waals surface area (Å²) in [5, 5.41) is 15.7. The fourth-order valence-corrected chi connectivity index (χ4v) is 4.23. The van der Waals surface area contributed by atoms with Gasteiger partial charge in [0.2, 0.25) is 17.7 Å². The normalized spacial score (nSPS) is 18.5. The molecule has 10 nitrogen and oxygen atoms in total. The summed E-state index contributed by atoms with van der Waals surface area (Å²) in [5.74, 6) is -2.60. The second-order valence-corrected chi connectivity index (χ2v) is 8.55. The van der Waals surface area contributed by atoms with E-state index in [4.69, 9.17) is 5.73 Å². The summed E-state index contributed by atoms with van der Waals surface area (Å²) in [7, 11) is 0. The fourth-order valence-electron chi connectivity index (χ4n) is 3.98. The number of H-pyrrole nitrogens is 1. The first kappa shape index (κ1) is 24.6. The van der Waals surface area contributed by atoms with Crippen LogP contribution >= 0.6 is 12.6 Å². The number of carboxylic acids is 1. The number of nitrogens with zero attached hydrogens (tertiary/aromatic N) is 1. The fraction of sp³-hybridized carbons (Fsp3) is 0.455. The predicted octanol–water partition coefficient (Wildman–Crippen LogP) is 0.0326. The van der Waals surface area contributed by atoms with Crippen molar-refractivity contribution in [3.8, 4) is 0 Å². The Morgan fingerprint density at radius 3 is 2.64 bits per heavy atom. The third-order valence-corrected chi connectivity index (χ3v) is 6.13. The van der Waals surface area contributed by atoms with Gasteiger partial charge in [0, 0.05) is 35.8 Å². The van der Waals surface area contributed by atoms with Gasteiger partial charge in [-0.05, 0) is 31.4 Å². The predicted molar refractivity (Wildman–Crippen MR) is 126 cm³/mol. The second kappa shape index (κ2) is 10.7. The number of benzene rings is 1. The van der Waals surface area contributed by atoms with E-state index in [1.54, 1.807) is 6.20 Å². The molecule has 2 heterocycles. The van der Waals surface area contributed by atoms with Crippen LogP contribution in [0.3, 0.4) is 0 Å². The molecule has 2 aromatic rings. The van der Waals surface area contributed by atoms with E-state index in [0.29, 0.717) is 19.4 Å². The summed E-state index contributed by atoms with van der Waals surface area (Å²) < 4.78 is 0. The summed E-state index contributed by atoms with van der Waals surface area (Å²) in [6.45, 7) is 1.83. The Kier molecular flexibility index (Phi) is 7.98. The largest absolute Gasteiger partial charge is 0.480 e. The Balaban J connectivity index is 1.70. The molecule has 1 saturated heterocycles. The van der Waals surface area contributed by atoms with Gasteiger partial charge in [-0.25, -0.2) is 4.79 Å². The van der Waals surface area contributed by atoms with E-state index < -0.39 is 47.9 Å². The lowest BCUT2D eigenvalue weighted by Crippen LogP contribution is -2.57. The van der Waals surface area contributed by atoms with E-state index in [2.05, 4.69) is 28.2 Å². The van der Waals surface area contributed by atoms with Crippen molar-refractivity contribution in [3.63, 3.8) is 0 Å². The number of hydrogen-bond donors (Lipinski definition) is 6. The van der Waals surface area contributed by atoms with Gasteiger partial charge in [0.1, 0.15) is 18.1 Å². The molecular formula is C22H29N5O5S. The minimum Gasteiger partial charge on any atom is -0.480 e. The molecule has 0 spiro atoms. The number of thiol groups is 1. The molecule has 0 saturated carbocycles. The van der Waals surface area contributed by atoms with Crippen LogP contribution in [-0.2, 0) is 25.6 Å². The summed E-state index contributed by atoms with van der Waals surface area (Å²) in [6, 6.07) is 3.80. The Morgan fingerprint density at radius 2 is 1.97 bits per heavy atom. The van der Waals surface area contributed by atoms with Gasteiger partial charge < -0.3 is 31.4 Å². The molecule has 1 aliphatic rings. The van der Waals surface area contributed by atoms with Crippen molar-refractivity contribution >= 4 is 47.2 Å². The van der Waals surface area contributed by atoms with E-state index >= 15 is 0 Å². The third-order valence-electron chi connectivity index (χ3n) is 5.76. The SMILES string of the molecule is CC(N)C(=O)NC(CS)C(=O)N1CCCC1C(=O)NC(Cc1c[nH]c2ccccc12)C(=O)O. The van der Waals surface area contributed by atoms with Crippen LogP contribution in [0.15, 0.2) is 30.5 Å². The van der Waals surface area contributed by atoms with Crippen molar-refractivity contribution in [3.05, 3.63) is 36.0 Å². The van der Waals surface area contributed by atoms with Crippen molar-refractivity contribution in [2.24, 2.45) is 5.73 Å². The topological polar surface area (TPSA) is 158 Å². The van der Waals surface area contributed by atoms with Crippen LogP contribution in [0.1, 0.15) is 25.3 Å². The zero-order chi connectivity index (χ0) is 24.1. The van der Waals surface area contributed by atoms with Gasteiger partial charge in [-0.15, -0.1) is 0 Å². The van der Waals surface area contributed by atoms with E-state index in [0.717, 1.165) is 16.5 Å². The number of para-hydroxylation sites is 1. The zero-order valence-electron chi connectivity index (χ0n) is 18.3. The average molecular weight is 476 g/mol. The summed E-state index contributed by atoms with van der Waals surface area (Å²) >= 11 is 4.15. The van der Waals surface area contributed by atoms with Gasteiger partial charge in [-0.2, -0.15) is 12.6 Å². The number of amides is 3. The smallest absolute Gasteiger partial charge is 0.326 e. The first-order chi connectivity index (χ1) is 15.7. The molecule has 0 bridgehead atoms. The number of carbonyl (C=O) groups is 4. The molecule has 1 aliphatic heterocycles. The molecule has 4 atom stereocenters. The Bertz CT molecular complexity index is 1040. The number of carboxylic acid groups (broad SMARTS) is 1. The average Bonchev–Trinajstić information content (AvgIpc) is 3.43. The molecule has 1 fully saturated rings. The minimum absolute atomic E-state index is 0.0421. The molecule has 1 aromatic heterocycles. The number of aromatic amines is 1. The molecule has 4 unspecified atom stereocenters. The van der Waals surface area contributed by atoms with Crippen molar-refractivity contribution < 1.29 is 24.3 Å². The summed E-state index contributed by atoms with van der Waals surface area (Å²) in [5.41, 5.74) is 7.20. The van der Waals surface area contributed by atoms with Crippen molar-refractivity contribution in [1.29, 1.82) is 0 Å². The van der Waals surface area contributed by atoms with Crippen LogP contribution in [0.5, 0.6) is 0 Å². The first-order valence-corrected chi connectivity index (χ1v) is 11.4.